The molecule has 6 heteroatoms. The minimum Gasteiger partial charge on any atom is -0.399 e. The van der Waals surface area contributed by atoms with Gasteiger partial charge in [-0.2, -0.15) is 0 Å². The van der Waals surface area contributed by atoms with Gasteiger partial charge < -0.3 is 9.31 Å². The second-order valence-corrected chi connectivity index (χ2v) is 34.5. The highest BCUT2D eigenvalue weighted by Crippen LogP contribution is 2.71. The van der Waals surface area contributed by atoms with E-state index in [2.05, 4.69) is 359 Å². The molecule has 1 saturated carbocycles. The average Bonchev–Trinajstić information content (AvgIpc) is 1.50. The third kappa shape index (κ3) is 8.18. The fourth-order valence-electron chi connectivity index (χ4n) is 21.0. The van der Waals surface area contributed by atoms with Gasteiger partial charge in [-0.3, -0.25) is 0 Å². The van der Waals surface area contributed by atoms with Gasteiger partial charge in [0.15, 0.2) is 0 Å². The van der Waals surface area contributed by atoms with Crippen molar-refractivity contribution in [2.24, 2.45) is 23.7 Å². The van der Waals surface area contributed by atoms with Crippen LogP contribution in [0.3, 0.4) is 0 Å². The zero-order valence-electron chi connectivity index (χ0n) is 58.9. The number of halogens is 1. The number of benzene rings is 14. The summed E-state index contributed by atoms with van der Waals surface area (Å²) in [4.78, 5) is 0. The molecule has 25 rings (SSSR count). The predicted octanol–water partition coefficient (Wildman–Crippen LogP) is 27.2. The van der Waals surface area contributed by atoms with Gasteiger partial charge in [0.05, 0.1) is 16.6 Å². The summed E-state index contributed by atoms with van der Waals surface area (Å²) in [5.41, 5.74) is 29.9. The molecule has 1 aliphatic heterocycles. The van der Waals surface area contributed by atoms with Gasteiger partial charge in [0.25, 0.3) is 0 Å². The average molecular weight is 1460 g/mol. The molecular weight excluding hydrogens is 1390 g/mol. The minimum absolute atomic E-state index is 0.208. The predicted molar refractivity (Wildman–Crippen MR) is 450 cm³/mol. The summed E-state index contributed by atoms with van der Waals surface area (Å²) in [6.45, 7) is 8.59. The first-order valence-electron chi connectivity index (χ1n) is 37.4. The van der Waals surface area contributed by atoms with Crippen molar-refractivity contribution in [3.05, 3.63) is 359 Å². The molecule has 6 atom stereocenters. The van der Waals surface area contributed by atoms with E-state index in [1.807, 2.05) is 22.7 Å². The number of hydrogen-bond donors (Lipinski definition) is 0. The lowest BCUT2D eigenvalue weighted by Crippen LogP contribution is -2.41. The molecule has 0 N–H and O–H groups in total. The molecule has 1 saturated heterocycles. The van der Waals surface area contributed by atoms with E-state index >= 15 is 0 Å². The molecule has 2 aromatic heterocycles. The second-order valence-electron chi connectivity index (χ2n) is 31.4. The SMILES string of the molecule is Brc1ccc2sc3ccccc3c2c1.CC1(C)OB(C2=CC3C(C=C2)C2C=CC=CC2C32c3ccccc3-c3c2cc2c4c(cccc34)-c3ccccc3-2)OC1(C)C.c1ccc2c(c1)-c1cccc3c4c(cc-2c13)C1(c2ccccc2-c2ccc(-c3ccc5sc6ccccc6c5c3)cc21)c1ccccc1-4. The number of thiophene rings is 2. The smallest absolute Gasteiger partial charge is 0.399 e. The van der Waals surface area contributed by atoms with Crippen LogP contribution < -0.4 is 0 Å². The molecule has 502 valence electrons. The quantitative estimate of drug-likeness (QED) is 0.161. The van der Waals surface area contributed by atoms with E-state index < -0.39 is 5.41 Å². The molecule has 0 amide bonds. The van der Waals surface area contributed by atoms with Gasteiger partial charge in [-0.05, 0) is 261 Å². The van der Waals surface area contributed by atoms with E-state index in [-0.39, 0.29) is 29.7 Å². The van der Waals surface area contributed by atoms with E-state index in [0.717, 1.165) is 9.95 Å². The Balaban J connectivity index is 0.000000109. The monoisotopic (exact) mass is 1450 g/mol. The van der Waals surface area contributed by atoms with Gasteiger partial charge in [-0.1, -0.05) is 271 Å². The molecule has 8 aliphatic carbocycles. The van der Waals surface area contributed by atoms with Crippen molar-refractivity contribution in [1.82, 2.24) is 0 Å². The number of allylic oxidation sites excluding steroid dienone is 8. The highest BCUT2D eigenvalue weighted by molar-refractivity contribution is 9.10. The van der Waals surface area contributed by atoms with Gasteiger partial charge in [0, 0.05) is 50.2 Å². The Labute approximate surface area is 633 Å². The number of hydrogen-bond acceptors (Lipinski definition) is 4. The molecule has 14 aromatic carbocycles. The molecule has 3 heterocycles. The van der Waals surface area contributed by atoms with Crippen LogP contribution in [0, 0.1) is 23.7 Å². The minimum atomic E-state index is -0.411. The molecule has 9 aliphatic rings. The Kier molecular flexibility index (Phi) is 13.0. The zero-order chi connectivity index (χ0) is 70.3. The lowest BCUT2D eigenvalue weighted by molar-refractivity contribution is 0.00578. The van der Waals surface area contributed by atoms with Crippen LogP contribution in [-0.4, -0.2) is 18.3 Å². The first kappa shape index (κ1) is 61.7. The van der Waals surface area contributed by atoms with Crippen molar-refractivity contribution >= 4 is 108 Å². The molecule has 0 bridgehead atoms. The van der Waals surface area contributed by atoms with Crippen LogP contribution in [0.5, 0.6) is 0 Å². The maximum atomic E-state index is 6.63. The van der Waals surface area contributed by atoms with E-state index in [0.29, 0.717) is 17.8 Å². The molecule has 16 aromatic rings. The van der Waals surface area contributed by atoms with E-state index in [4.69, 9.17) is 9.31 Å². The van der Waals surface area contributed by atoms with E-state index in [9.17, 15) is 0 Å². The normalized spacial score (nSPS) is 21.3. The van der Waals surface area contributed by atoms with Crippen LogP contribution in [0.25, 0.3) is 151 Å². The first-order chi connectivity index (χ1) is 52.0. The van der Waals surface area contributed by atoms with E-state index in [1.165, 1.54) is 184 Å². The van der Waals surface area contributed by atoms with Gasteiger partial charge in [0.1, 0.15) is 0 Å². The van der Waals surface area contributed by atoms with Crippen molar-refractivity contribution in [1.29, 1.82) is 0 Å². The summed E-state index contributed by atoms with van der Waals surface area (Å²) >= 11 is 7.24. The van der Waals surface area contributed by atoms with Crippen LogP contribution in [0.4, 0.5) is 0 Å². The fraction of sp³-hybridized carbons (Fsp3) is 0.120. The fourth-order valence-corrected chi connectivity index (χ4v) is 23.6. The highest BCUT2D eigenvalue weighted by atomic mass is 79.9. The molecule has 2 fully saturated rings. The molecule has 2 nitrogen and oxygen atoms in total. The van der Waals surface area contributed by atoms with Crippen molar-refractivity contribution in [3.63, 3.8) is 0 Å². The van der Waals surface area contributed by atoms with Crippen molar-refractivity contribution in [2.75, 3.05) is 0 Å². The lowest BCUT2D eigenvalue weighted by atomic mass is 9.61. The Bertz CT molecular complexity index is 6740. The van der Waals surface area contributed by atoms with Crippen LogP contribution in [-0.2, 0) is 20.1 Å². The molecule has 106 heavy (non-hydrogen) atoms. The molecule has 6 unspecified atom stereocenters. The van der Waals surface area contributed by atoms with Gasteiger partial charge in [-0.25, -0.2) is 0 Å². The summed E-state index contributed by atoms with van der Waals surface area (Å²) in [6.07, 6.45) is 16.9. The largest absolute Gasteiger partial charge is 0.494 e. The summed E-state index contributed by atoms with van der Waals surface area (Å²) in [7, 11) is -0.372. The van der Waals surface area contributed by atoms with Crippen LogP contribution in [0.1, 0.15) is 61.1 Å². The van der Waals surface area contributed by atoms with Gasteiger partial charge in [0.2, 0.25) is 0 Å². The second kappa shape index (κ2) is 22.3. The maximum Gasteiger partial charge on any atom is 0.494 e. The molecule has 0 radical (unpaired) electrons. The Morgan fingerprint density at radius 3 is 1.43 bits per heavy atom. The first-order valence-corrected chi connectivity index (χ1v) is 39.8. The van der Waals surface area contributed by atoms with Crippen LogP contribution in [0.15, 0.2) is 325 Å². The Hall–Kier alpha value is -10.5. The molecule has 2 spiro atoms. The van der Waals surface area contributed by atoms with Gasteiger partial charge in [-0.15, -0.1) is 22.7 Å². The lowest BCUT2D eigenvalue weighted by Gasteiger charge is -2.39. The van der Waals surface area contributed by atoms with Gasteiger partial charge >= 0.3 is 7.12 Å². The standard InChI is InChI=1S/C47H26S.C41H35BO2.C12H7BrS/c1-2-11-30-29(10-1)34-15-9-16-36-45(34)38(30)26-42-46(36)35-14-4-7-18-40(35)47(42)39-17-6-3-12-31(39)32-22-20-28(25-41(32)47)27-21-23-44-37(24-27)33-13-5-8-19-43(33)48-44;1-39(2)40(3,4)44-42(43-39)24-20-21-28-27-14-7-9-18-33(27)41(35(28)22-24)34-19-10-8-15-30(34)38-31-17-11-16-29-25-12-5-6-13-26(25)32(37(29)31)23-36(38)41;13-8-5-6-12-10(7-8)9-3-1-2-4-11(9)14-12/h1-26H;5-23,27-28,33,35H,1-4H3;1-7H. The third-order valence-electron chi connectivity index (χ3n) is 26.0. The Morgan fingerprint density at radius 1 is 0.330 bits per heavy atom. The summed E-state index contributed by atoms with van der Waals surface area (Å²) in [5.74, 6) is 1.40. The van der Waals surface area contributed by atoms with Crippen molar-refractivity contribution in [2.45, 2.75) is 49.7 Å². The summed E-state index contributed by atoms with van der Waals surface area (Å²) < 4.78 is 19.8. The highest BCUT2D eigenvalue weighted by Gasteiger charge is 2.64. The van der Waals surface area contributed by atoms with Crippen molar-refractivity contribution < 1.29 is 9.31 Å². The van der Waals surface area contributed by atoms with Crippen LogP contribution >= 0.6 is 38.6 Å². The molecular formula is C100H68BBrO2S2. The topological polar surface area (TPSA) is 18.5 Å². The van der Waals surface area contributed by atoms with Crippen LogP contribution in [0.2, 0.25) is 0 Å². The summed E-state index contributed by atoms with van der Waals surface area (Å²) in [5, 5.41) is 10.9. The van der Waals surface area contributed by atoms with Crippen molar-refractivity contribution in [3.8, 4) is 89.0 Å². The van der Waals surface area contributed by atoms with E-state index in [1.54, 1.807) is 0 Å². The Morgan fingerprint density at radius 2 is 0.783 bits per heavy atom. The maximum absolute atomic E-state index is 6.63. The number of fused-ring (bicyclic) bond motifs is 34. The number of rotatable bonds is 2. The zero-order valence-corrected chi connectivity index (χ0v) is 62.1. The third-order valence-corrected chi connectivity index (χ3v) is 28.8. The summed E-state index contributed by atoms with van der Waals surface area (Å²) in [6, 6.07) is 103.